The van der Waals surface area contributed by atoms with E-state index in [1.54, 1.807) is 18.2 Å². The molecule has 4 rings (SSSR count). The van der Waals surface area contributed by atoms with E-state index in [2.05, 4.69) is 17.4 Å². The number of halogens is 1. The number of rotatable bonds is 8. The number of carboxylic acids is 1. The van der Waals surface area contributed by atoms with Gasteiger partial charge < -0.3 is 19.9 Å². The van der Waals surface area contributed by atoms with Crippen LogP contribution in [0.15, 0.2) is 66.7 Å². The number of carbonyl (C=O) groups is 2. The van der Waals surface area contributed by atoms with Crippen molar-refractivity contribution in [3.8, 4) is 16.9 Å². The van der Waals surface area contributed by atoms with Crippen molar-refractivity contribution in [2.75, 3.05) is 13.2 Å². The summed E-state index contributed by atoms with van der Waals surface area (Å²) in [6.07, 6.45) is -0.686. The first kappa shape index (κ1) is 22.7. The lowest BCUT2D eigenvalue weighted by atomic mass is 9.98. The lowest BCUT2D eigenvalue weighted by molar-refractivity contribution is -0.139. The smallest absolute Gasteiger partial charge is 0.407 e. The third kappa shape index (κ3) is 5.12. The first-order valence-electron chi connectivity index (χ1n) is 10.7. The van der Waals surface area contributed by atoms with Crippen molar-refractivity contribution in [1.82, 2.24) is 5.32 Å². The van der Waals surface area contributed by atoms with E-state index in [-0.39, 0.29) is 25.6 Å². The fourth-order valence-electron chi connectivity index (χ4n) is 4.10. The Balaban J connectivity index is 1.34. The maximum Gasteiger partial charge on any atom is 0.407 e. The van der Waals surface area contributed by atoms with E-state index in [1.807, 2.05) is 43.3 Å². The lowest BCUT2D eigenvalue weighted by Gasteiger charge is -2.18. The highest BCUT2D eigenvalue weighted by atomic mass is 35.5. The molecule has 33 heavy (non-hydrogen) atoms. The Kier molecular flexibility index (Phi) is 6.84. The number of carboxylic acid groups (broad SMARTS) is 1. The van der Waals surface area contributed by atoms with E-state index in [0.29, 0.717) is 10.8 Å². The third-order valence-electron chi connectivity index (χ3n) is 5.73. The second kappa shape index (κ2) is 9.96. The van der Waals surface area contributed by atoms with Crippen LogP contribution in [0.3, 0.4) is 0 Å². The minimum Gasteiger partial charge on any atom is -0.493 e. The van der Waals surface area contributed by atoms with Gasteiger partial charge in [0.15, 0.2) is 0 Å². The van der Waals surface area contributed by atoms with E-state index in [9.17, 15) is 14.7 Å². The number of nitrogens with one attached hydrogen (secondary N) is 1. The summed E-state index contributed by atoms with van der Waals surface area (Å²) in [5.74, 6) is -0.632. The molecule has 0 radical (unpaired) electrons. The molecular formula is C26H24ClNO5. The van der Waals surface area contributed by atoms with Crippen LogP contribution in [-0.2, 0) is 9.53 Å². The predicted octanol–water partition coefficient (Wildman–Crippen LogP) is 5.41. The molecule has 0 saturated carbocycles. The molecule has 0 saturated heterocycles. The standard InChI is InChI=1S/C26H24ClNO5/c1-16-14-17(27)10-11-24(16)32-13-12-23(25(29)30)28-26(31)33-15-22-20-8-4-2-6-18(20)19-7-3-5-9-21(19)22/h2-11,14,22-23H,12-13,15H2,1H3,(H,28,31)(H,29,30)/t23-/m0/s1. The van der Waals surface area contributed by atoms with E-state index in [1.165, 1.54) is 0 Å². The van der Waals surface area contributed by atoms with Gasteiger partial charge in [-0.1, -0.05) is 60.1 Å². The highest BCUT2D eigenvalue weighted by Crippen LogP contribution is 2.44. The average Bonchev–Trinajstić information content (AvgIpc) is 3.12. The highest BCUT2D eigenvalue weighted by Gasteiger charge is 2.29. The second-order valence-electron chi connectivity index (χ2n) is 7.91. The molecule has 0 heterocycles. The van der Waals surface area contributed by atoms with Crippen molar-refractivity contribution in [1.29, 1.82) is 0 Å². The monoisotopic (exact) mass is 465 g/mol. The second-order valence-corrected chi connectivity index (χ2v) is 8.34. The molecule has 1 aliphatic carbocycles. The first-order valence-corrected chi connectivity index (χ1v) is 11.0. The lowest BCUT2D eigenvalue weighted by Crippen LogP contribution is -2.42. The minimum atomic E-state index is -1.15. The van der Waals surface area contributed by atoms with E-state index in [0.717, 1.165) is 27.8 Å². The van der Waals surface area contributed by atoms with Crippen LogP contribution in [0.4, 0.5) is 4.79 Å². The van der Waals surface area contributed by atoms with Crippen LogP contribution in [0.2, 0.25) is 5.02 Å². The number of hydrogen-bond acceptors (Lipinski definition) is 4. The van der Waals surface area contributed by atoms with Crippen molar-refractivity contribution < 1.29 is 24.2 Å². The summed E-state index contributed by atoms with van der Waals surface area (Å²) in [5.41, 5.74) is 5.28. The molecule has 0 aromatic heterocycles. The fourth-order valence-corrected chi connectivity index (χ4v) is 4.33. The molecule has 0 fully saturated rings. The number of hydrogen-bond donors (Lipinski definition) is 2. The largest absolute Gasteiger partial charge is 0.493 e. The van der Waals surface area contributed by atoms with Crippen LogP contribution >= 0.6 is 11.6 Å². The van der Waals surface area contributed by atoms with Gasteiger partial charge in [0.25, 0.3) is 0 Å². The quantitative estimate of drug-likeness (QED) is 0.464. The van der Waals surface area contributed by atoms with E-state index < -0.39 is 18.1 Å². The van der Waals surface area contributed by atoms with Gasteiger partial charge in [-0.2, -0.15) is 0 Å². The summed E-state index contributed by atoms with van der Waals surface area (Å²) >= 11 is 5.94. The highest BCUT2D eigenvalue weighted by molar-refractivity contribution is 6.30. The summed E-state index contributed by atoms with van der Waals surface area (Å²) in [4.78, 5) is 24.0. The molecule has 0 unspecified atom stereocenters. The number of alkyl carbamates (subject to hydrolysis) is 1. The minimum absolute atomic E-state index is 0.0849. The van der Waals surface area contributed by atoms with Crippen molar-refractivity contribution in [2.24, 2.45) is 0 Å². The van der Waals surface area contributed by atoms with Gasteiger partial charge in [-0.3, -0.25) is 0 Å². The number of ether oxygens (including phenoxy) is 2. The van der Waals surface area contributed by atoms with Crippen LogP contribution in [0, 0.1) is 6.92 Å². The van der Waals surface area contributed by atoms with Gasteiger partial charge in [0, 0.05) is 17.4 Å². The van der Waals surface area contributed by atoms with Crippen LogP contribution < -0.4 is 10.1 Å². The molecule has 2 N–H and O–H groups in total. The summed E-state index contributed by atoms with van der Waals surface area (Å²) in [6.45, 7) is 2.08. The molecule has 0 bridgehead atoms. The molecule has 0 aliphatic heterocycles. The summed E-state index contributed by atoms with van der Waals surface area (Å²) in [5, 5.41) is 12.5. The predicted molar refractivity (Wildman–Crippen MR) is 126 cm³/mol. The number of amides is 1. The normalized spacial score (nSPS) is 13.0. The van der Waals surface area contributed by atoms with Gasteiger partial charge in [0.1, 0.15) is 18.4 Å². The van der Waals surface area contributed by atoms with E-state index in [4.69, 9.17) is 21.1 Å². The zero-order chi connectivity index (χ0) is 23.4. The Morgan fingerprint density at radius 2 is 1.67 bits per heavy atom. The fraction of sp³-hybridized carbons (Fsp3) is 0.231. The van der Waals surface area contributed by atoms with Crippen molar-refractivity contribution in [3.05, 3.63) is 88.4 Å². The number of aliphatic carboxylic acids is 1. The topological polar surface area (TPSA) is 84.9 Å². The summed E-state index contributed by atoms with van der Waals surface area (Å²) in [7, 11) is 0. The zero-order valence-electron chi connectivity index (χ0n) is 18.1. The van der Waals surface area contributed by atoms with Gasteiger partial charge in [0.05, 0.1) is 6.61 Å². The van der Waals surface area contributed by atoms with Crippen molar-refractivity contribution >= 4 is 23.7 Å². The average molecular weight is 466 g/mol. The van der Waals surface area contributed by atoms with Crippen LogP contribution in [0.5, 0.6) is 5.75 Å². The molecule has 3 aromatic rings. The number of carbonyl (C=O) groups excluding carboxylic acids is 1. The van der Waals surface area contributed by atoms with Crippen LogP contribution in [0.25, 0.3) is 11.1 Å². The van der Waals surface area contributed by atoms with Gasteiger partial charge in [-0.25, -0.2) is 9.59 Å². The van der Waals surface area contributed by atoms with Gasteiger partial charge >= 0.3 is 12.1 Å². The number of fused-ring (bicyclic) bond motifs is 3. The Hall–Kier alpha value is -3.51. The van der Waals surface area contributed by atoms with Gasteiger partial charge in [-0.05, 0) is 52.9 Å². The Morgan fingerprint density at radius 3 is 2.27 bits per heavy atom. The molecule has 1 atom stereocenters. The molecule has 6 nitrogen and oxygen atoms in total. The Morgan fingerprint density at radius 1 is 1.03 bits per heavy atom. The zero-order valence-corrected chi connectivity index (χ0v) is 18.8. The maximum absolute atomic E-state index is 12.4. The molecule has 7 heteroatoms. The van der Waals surface area contributed by atoms with Crippen molar-refractivity contribution in [3.63, 3.8) is 0 Å². The summed E-state index contributed by atoms with van der Waals surface area (Å²) in [6, 6.07) is 20.1. The SMILES string of the molecule is Cc1cc(Cl)ccc1OCC[C@H](NC(=O)OCC1c2ccccc2-c2ccccc21)C(=O)O. The number of aryl methyl sites for hydroxylation is 1. The van der Waals surface area contributed by atoms with Crippen LogP contribution in [-0.4, -0.2) is 36.4 Å². The maximum atomic E-state index is 12.4. The van der Waals surface area contributed by atoms with Gasteiger partial charge in [0.2, 0.25) is 0 Å². The molecule has 1 aliphatic rings. The van der Waals surface area contributed by atoms with Crippen molar-refractivity contribution in [2.45, 2.75) is 25.3 Å². The molecule has 0 spiro atoms. The van der Waals surface area contributed by atoms with Gasteiger partial charge in [-0.15, -0.1) is 0 Å². The number of benzene rings is 3. The van der Waals surface area contributed by atoms with E-state index >= 15 is 0 Å². The third-order valence-corrected chi connectivity index (χ3v) is 5.97. The first-order chi connectivity index (χ1) is 15.9. The molecule has 1 amide bonds. The summed E-state index contributed by atoms with van der Waals surface area (Å²) < 4.78 is 11.1. The van der Waals surface area contributed by atoms with Crippen LogP contribution in [0.1, 0.15) is 29.0 Å². The molecular weight excluding hydrogens is 442 g/mol. The Bertz CT molecular complexity index is 1130. The molecule has 3 aromatic carbocycles. The Labute approximate surface area is 197 Å². The molecule has 170 valence electrons.